The van der Waals surface area contributed by atoms with E-state index in [-0.39, 0.29) is 18.4 Å². The van der Waals surface area contributed by atoms with E-state index in [9.17, 15) is 9.59 Å². The fraction of sp³-hybridized carbons (Fsp3) is 0.476. The molecule has 2 amide bonds. The molecule has 29 heavy (non-hydrogen) atoms. The van der Waals surface area contributed by atoms with Crippen LogP contribution in [-0.4, -0.2) is 71.3 Å². The summed E-state index contributed by atoms with van der Waals surface area (Å²) in [5.74, 6) is 1.31. The molecule has 0 N–H and O–H groups in total. The fourth-order valence-electron chi connectivity index (χ4n) is 3.84. The average Bonchev–Trinajstić information content (AvgIpc) is 3.21. The average molecular weight is 398 g/mol. The second-order valence-electron chi connectivity index (χ2n) is 7.32. The van der Waals surface area contributed by atoms with E-state index in [0.29, 0.717) is 37.5 Å². The molecule has 1 aromatic heterocycles. The first-order valence-electron chi connectivity index (χ1n) is 10.0. The number of methoxy groups -OCH3 is 1. The molecule has 0 saturated carbocycles. The van der Waals surface area contributed by atoms with Crippen molar-refractivity contribution in [3.05, 3.63) is 41.7 Å². The molecule has 0 atom stereocenters. The third-order valence-corrected chi connectivity index (χ3v) is 5.55. The third kappa shape index (κ3) is 4.21. The number of ether oxygens (including phenoxy) is 2. The first kappa shape index (κ1) is 19.3. The van der Waals surface area contributed by atoms with Crippen LogP contribution in [0.2, 0.25) is 0 Å². The van der Waals surface area contributed by atoms with Crippen LogP contribution in [0.4, 0.5) is 0 Å². The van der Waals surface area contributed by atoms with Gasteiger partial charge in [0.05, 0.1) is 24.6 Å². The van der Waals surface area contributed by atoms with Crippen molar-refractivity contribution in [2.45, 2.75) is 25.8 Å². The molecule has 2 aliphatic heterocycles. The lowest BCUT2D eigenvalue weighted by molar-refractivity contribution is -0.134. The summed E-state index contributed by atoms with van der Waals surface area (Å²) in [5, 5.41) is 4.36. The van der Waals surface area contributed by atoms with Gasteiger partial charge >= 0.3 is 0 Å². The van der Waals surface area contributed by atoms with Gasteiger partial charge in [0.25, 0.3) is 11.8 Å². The predicted molar refractivity (Wildman–Crippen MR) is 106 cm³/mol. The first-order valence-corrected chi connectivity index (χ1v) is 10.0. The molecule has 0 bridgehead atoms. The number of rotatable bonds is 5. The molecular formula is C21H26N4O4. The second kappa shape index (κ2) is 8.55. The van der Waals surface area contributed by atoms with Crippen molar-refractivity contribution in [1.82, 2.24) is 19.6 Å². The molecular weight excluding hydrogens is 372 g/mol. The van der Waals surface area contributed by atoms with E-state index in [2.05, 4.69) is 5.10 Å². The second-order valence-corrected chi connectivity index (χ2v) is 7.32. The maximum atomic E-state index is 12.9. The highest BCUT2D eigenvalue weighted by atomic mass is 16.5. The summed E-state index contributed by atoms with van der Waals surface area (Å²) in [6.45, 7) is 2.95. The summed E-state index contributed by atoms with van der Waals surface area (Å²) in [4.78, 5) is 28.9. The lowest BCUT2D eigenvalue weighted by Crippen LogP contribution is -2.51. The van der Waals surface area contributed by atoms with E-state index in [1.54, 1.807) is 42.5 Å². The Hall–Kier alpha value is -3.03. The van der Waals surface area contributed by atoms with E-state index < -0.39 is 0 Å². The Morgan fingerprint density at radius 2 is 1.66 bits per heavy atom. The summed E-state index contributed by atoms with van der Waals surface area (Å²) in [5.41, 5.74) is 1.76. The SMILES string of the molecule is COc1ccc(OCC(=O)N2CCN(C(=O)c3cnn4c3CCCC4)CC2)cc1. The normalized spacial score (nSPS) is 16.3. The number of carbonyl (C=O) groups excluding carboxylic acids is 2. The molecule has 8 nitrogen and oxygen atoms in total. The molecule has 3 heterocycles. The molecule has 8 heteroatoms. The molecule has 2 aromatic rings. The van der Waals surface area contributed by atoms with E-state index in [1.165, 1.54) is 0 Å². The Kier molecular flexibility index (Phi) is 5.69. The van der Waals surface area contributed by atoms with Gasteiger partial charge in [-0.05, 0) is 43.5 Å². The lowest BCUT2D eigenvalue weighted by Gasteiger charge is -2.34. The van der Waals surface area contributed by atoms with Crippen molar-refractivity contribution in [2.24, 2.45) is 0 Å². The summed E-state index contributed by atoms with van der Waals surface area (Å²) < 4.78 is 12.6. The van der Waals surface area contributed by atoms with Gasteiger partial charge in [-0.1, -0.05) is 0 Å². The highest BCUT2D eigenvalue weighted by Gasteiger charge is 2.28. The number of fused-ring (bicyclic) bond motifs is 1. The van der Waals surface area contributed by atoms with Crippen LogP contribution in [0.15, 0.2) is 30.5 Å². The molecule has 0 unspecified atom stereocenters. The molecule has 0 radical (unpaired) electrons. The Morgan fingerprint density at radius 1 is 0.966 bits per heavy atom. The Balaban J connectivity index is 1.28. The minimum atomic E-state index is -0.0733. The van der Waals surface area contributed by atoms with Crippen LogP contribution in [0.3, 0.4) is 0 Å². The number of hydrogen-bond donors (Lipinski definition) is 0. The number of nitrogens with zero attached hydrogens (tertiary/aromatic N) is 4. The van der Waals surface area contributed by atoms with Crippen LogP contribution in [0, 0.1) is 0 Å². The maximum Gasteiger partial charge on any atom is 0.260 e. The van der Waals surface area contributed by atoms with E-state index >= 15 is 0 Å². The van der Waals surface area contributed by atoms with Crippen molar-refractivity contribution in [2.75, 3.05) is 39.9 Å². The number of piperazine rings is 1. The lowest BCUT2D eigenvalue weighted by atomic mass is 10.1. The van der Waals surface area contributed by atoms with Crippen LogP contribution < -0.4 is 9.47 Å². The van der Waals surface area contributed by atoms with Crippen molar-refractivity contribution >= 4 is 11.8 Å². The molecule has 2 aliphatic rings. The molecule has 0 aliphatic carbocycles. The number of hydrogen-bond acceptors (Lipinski definition) is 5. The zero-order chi connectivity index (χ0) is 20.2. The topological polar surface area (TPSA) is 76.9 Å². The molecule has 1 saturated heterocycles. The van der Waals surface area contributed by atoms with Gasteiger partial charge < -0.3 is 19.3 Å². The molecule has 0 spiro atoms. The standard InChI is InChI=1S/C21H26N4O4/c1-28-16-5-7-17(8-6-16)29-15-20(26)23-10-12-24(13-11-23)21(27)18-14-22-25-9-3-2-4-19(18)25/h5-8,14H,2-4,9-13,15H2,1H3. The van der Waals surface area contributed by atoms with Gasteiger partial charge in [0.1, 0.15) is 11.5 Å². The summed E-state index contributed by atoms with van der Waals surface area (Å²) in [6.07, 6.45) is 4.82. The third-order valence-electron chi connectivity index (χ3n) is 5.55. The van der Waals surface area contributed by atoms with E-state index in [1.807, 2.05) is 9.58 Å². The summed E-state index contributed by atoms with van der Waals surface area (Å²) in [6, 6.07) is 7.13. The Labute approximate surface area is 170 Å². The Bertz CT molecular complexity index is 869. The minimum absolute atomic E-state index is 0.0167. The van der Waals surface area contributed by atoms with Gasteiger partial charge in [-0.3, -0.25) is 14.3 Å². The number of benzene rings is 1. The predicted octanol–water partition coefficient (Wildman–Crippen LogP) is 1.59. The first-order chi connectivity index (χ1) is 14.2. The molecule has 4 rings (SSSR count). The smallest absolute Gasteiger partial charge is 0.260 e. The highest BCUT2D eigenvalue weighted by Crippen LogP contribution is 2.20. The summed E-state index contributed by atoms with van der Waals surface area (Å²) in [7, 11) is 1.60. The summed E-state index contributed by atoms with van der Waals surface area (Å²) >= 11 is 0. The number of carbonyl (C=O) groups is 2. The van der Waals surface area contributed by atoms with Crippen LogP contribution >= 0.6 is 0 Å². The number of aromatic nitrogens is 2. The van der Waals surface area contributed by atoms with Gasteiger partial charge in [0, 0.05) is 32.7 Å². The zero-order valence-corrected chi connectivity index (χ0v) is 16.7. The fourth-order valence-corrected chi connectivity index (χ4v) is 3.84. The molecule has 1 fully saturated rings. The monoisotopic (exact) mass is 398 g/mol. The van der Waals surface area contributed by atoms with Crippen molar-refractivity contribution < 1.29 is 19.1 Å². The van der Waals surface area contributed by atoms with Crippen molar-refractivity contribution in [1.29, 1.82) is 0 Å². The quantitative estimate of drug-likeness (QED) is 0.765. The van der Waals surface area contributed by atoms with E-state index in [4.69, 9.17) is 9.47 Å². The maximum absolute atomic E-state index is 12.9. The van der Waals surface area contributed by atoms with Crippen LogP contribution in [-0.2, 0) is 17.8 Å². The minimum Gasteiger partial charge on any atom is -0.497 e. The Morgan fingerprint density at radius 3 is 2.38 bits per heavy atom. The largest absolute Gasteiger partial charge is 0.497 e. The zero-order valence-electron chi connectivity index (χ0n) is 16.7. The van der Waals surface area contributed by atoms with Gasteiger partial charge in [0.15, 0.2) is 6.61 Å². The van der Waals surface area contributed by atoms with Crippen LogP contribution in [0.5, 0.6) is 11.5 Å². The van der Waals surface area contributed by atoms with Crippen molar-refractivity contribution in [3.8, 4) is 11.5 Å². The van der Waals surface area contributed by atoms with Crippen molar-refractivity contribution in [3.63, 3.8) is 0 Å². The van der Waals surface area contributed by atoms with Gasteiger partial charge in [-0.2, -0.15) is 5.10 Å². The highest BCUT2D eigenvalue weighted by molar-refractivity contribution is 5.95. The van der Waals surface area contributed by atoms with E-state index in [0.717, 1.165) is 37.3 Å². The van der Waals surface area contributed by atoms with Gasteiger partial charge in [0.2, 0.25) is 0 Å². The number of aryl methyl sites for hydroxylation is 1. The van der Waals surface area contributed by atoms with Gasteiger partial charge in [-0.25, -0.2) is 0 Å². The van der Waals surface area contributed by atoms with Crippen LogP contribution in [0.25, 0.3) is 0 Å². The van der Waals surface area contributed by atoms with Crippen LogP contribution in [0.1, 0.15) is 28.9 Å². The number of amides is 2. The molecule has 1 aromatic carbocycles. The molecule has 154 valence electrons. The van der Waals surface area contributed by atoms with Gasteiger partial charge in [-0.15, -0.1) is 0 Å².